The number of fused-ring (bicyclic) bond motifs is 3. The van der Waals surface area contributed by atoms with Gasteiger partial charge in [0.15, 0.2) is 0 Å². The van der Waals surface area contributed by atoms with Gasteiger partial charge in [0.05, 0.1) is 0 Å². The molecule has 2 N–H and O–H groups in total. The van der Waals surface area contributed by atoms with E-state index in [2.05, 4.69) is 63.9 Å². The number of likely N-dealkylation sites (N-methyl/N-ethyl adjacent to an activating group) is 1. The lowest BCUT2D eigenvalue weighted by molar-refractivity contribution is 0.0706. The minimum atomic E-state index is -0.498. The van der Waals surface area contributed by atoms with Crippen molar-refractivity contribution >= 4 is 27.7 Å². The van der Waals surface area contributed by atoms with Crippen LogP contribution in [0.1, 0.15) is 21.5 Å². The fourth-order valence-electron chi connectivity index (χ4n) is 4.79. The molecule has 1 fully saturated rings. The molecule has 0 saturated carbocycles. The Kier molecular flexibility index (Phi) is 6.13. The molecule has 0 spiro atoms. The second-order valence-electron chi connectivity index (χ2n) is 8.99. The van der Waals surface area contributed by atoms with Crippen LogP contribution in [0.5, 0.6) is 0 Å². The summed E-state index contributed by atoms with van der Waals surface area (Å²) in [6.07, 6.45) is 1.06. The maximum Gasteiger partial charge on any atom is 0.274 e. The van der Waals surface area contributed by atoms with Crippen LogP contribution in [0.3, 0.4) is 0 Å². The molecule has 6 heteroatoms. The zero-order valence-corrected chi connectivity index (χ0v) is 19.0. The summed E-state index contributed by atoms with van der Waals surface area (Å²) < 4.78 is 2.34. The average molecular weight is 443 g/mol. The number of carbonyl (C=O) groups excluding carboxylic acids is 1. The summed E-state index contributed by atoms with van der Waals surface area (Å²) in [7, 11) is 2.20. The normalized spacial score (nSPS) is 15.3. The van der Waals surface area contributed by atoms with Crippen molar-refractivity contribution in [2.24, 2.45) is 0 Å². The van der Waals surface area contributed by atoms with Crippen LogP contribution in [0.4, 0.5) is 0 Å². The van der Waals surface area contributed by atoms with Gasteiger partial charge < -0.3 is 14.4 Å². The van der Waals surface area contributed by atoms with Crippen molar-refractivity contribution in [3.05, 3.63) is 83.4 Å². The van der Waals surface area contributed by atoms with E-state index >= 15 is 0 Å². The molecular weight excluding hydrogens is 412 g/mol. The molecule has 1 amide bonds. The van der Waals surface area contributed by atoms with Crippen molar-refractivity contribution in [3.8, 4) is 0 Å². The van der Waals surface area contributed by atoms with Gasteiger partial charge in [-0.15, -0.1) is 0 Å². The molecule has 5 rings (SSSR count). The molecular formula is C27H30N4O2. The van der Waals surface area contributed by atoms with E-state index in [1.807, 2.05) is 12.1 Å². The van der Waals surface area contributed by atoms with Crippen LogP contribution in [0.2, 0.25) is 0 Å². The van der Waals surface area contributed by atoms with Gasteiger partial charge in [0.25, 0.3) is 5.91 Å². The van der Waals surface area contributed by atoms with Gasteiger partial charge in [-0.1, -0.05) is 36.4 Å². The van der Waals surface area contributed by atoms with Crippen molar-refractivity contribution in [2.45, 2.75) is 13.0 Å². The SMILES string of the molecule is CN1CCN(CCc2ccc3c(c2)c2ccccc2n3Cc2ccc(C(=O)NO)cc2)CC1. The van der Waals surface area contributed by atoms with Gasteiger partial charge >= 0.3 is 0 Å². The number of carbonyl (C=O) groups is 1. The molecule has 2 heterocycles. The third-order valence-corrected chi connectivity index (χ3v) is 6.81. The van der Waals surface area contributed by atoms with Gasteiger partial charge in [0.2, 0.25) is 0 Å². The number of aromatic nitrogens is 1. The van der Waals surface area contributed by atoms with E-state index in [0.717, 1.165) is 44.7 Å². The third kappa shape index (κ3) is 4.50. The van der Waals surface area contributed by atoms with Gasteiger partial charge in [-0.2, -0.15) is 0 Å². The number of para-hydroxylation sites is 1. The molecule has 0 atom stereocenters. The predicted molar refractivity (Wildman–Crippen MR) is 132 cm³/mol. The summed E-state index contributed by atoms with van der Waals surface area (Å²) in [5.41, 5.74) is 7.03. The minimum absolute atomic E-state index is 0.438. The number of amides is 1. The molecule has 1 aliphatic heterocycles. The van der Waals surface area contributed by atoms with Crippen LogP contribution < -0.4 is 5.48 Å². The number of nitrogens with zero attached hydrogens (tertiary/aromatic N) is 3. The standard InChI is InChI=1S/C27H30N4O2/c1-29-14-16-30(17-15-29)13-12-20-8-11-26-24(18-20)23-4-2-3-5-25(23)31(26)19-21-6-9-22(10-7-21)27(32)28-33/h2-11,18,33H,12-17,19H2,1H3,(H,28,32). The van der Waals surface area contributed by atoms with E-state index in [4.69, 9.17) is 5.21 Å². The first-order valence-corrected chi connectivity index (χ1v) is 11.6. The first-order chi connectivity index (χ1) is 16.1. The molecule has 170 valence electrons. The fraction of sp³-hybridized carbons (Fsp3) is 0.296. The van der Waals surface area contributed by atoms with Crippen LogP contribution in [-0.4, -0.2) is 65.3 Å². The van der Waals surface area contributed by atoms with Crippen LogP contribution in [-0.2, 0) is 13.0 Å². The Morgan fingerprint density at radius 3 is 2.33 bits per heavy atom. The Balaban J connectivity index is 1.42. The number of hydrogen-bond acceptors (Lipinski definition) is 4. The second-order valence-corrected chi connectivity index (χ2v) is 8.99. The molecule has 3 aromatic carbocycles. The number of hydrogen-bond donors (Lipinski definition) is 2. The molecule has 0 unspecified atom stereocenters. The first-order valence-electron chi connectivity index (χ1n) is 11.6. The van der Waals surface area contributed by atoms with Gasteiger partial charge in [0.1, 0.15) is 0 Å². The highest BCUT2D eigenvalue weighted by Crippen LogP contribution is 2.30. The van der Waals surface area contributed by atoms with Gasteiger partial charge in [-0.05, 0) is 54.9 Å². The summed E-state index contributed by atoms with van der Waals surface area (Å²) in [5, 5.41) is 11.4. The summed E-state index contributed by atoms with van der Waals surface area (Å²) in [6, 6.07) is 22.8. The zero-order valence-electron chi connectivity index (χ0n) is 19.0. The maximum atomic E-state index is 11.6. The number of benzene rings is 3. The largest absolute Gasteiger partial charge is 0.336 e. The van der Waals surface area contributed by atoms with Crippen LogP contribution >= 0.6 is 0 Å². The van der Waals surface area contributed by atoms with E-state index in [-0.39, 0.29) is 0 Å². The Morgan fingerprint density at radius 1 is 0.879 bits per heavy atom. The van der Waals surface area contributed by atoms with Crippen molar-refractivity contribution in [1.82, 2.24) is 19.8 Å². The highest BCUT2D eigenvalue weighted by atomic mass is 16.5. The van der Waals surface area contributed by atoms with Crippen LogP contribution in [0.15, 0.2) is 66.7 Å². The van der Waals surface area contributed by atoms with Crippen molar-refractivity contribution in [3.63, 3.8) is 0 Å². The summed E-state index contributed by atoms with van der Waals surface area (Å²) >= 11 is 0. The highest BCUT2D eigenvalue weighted by Gasteiger charge is 2.15. The molecule has 6 nitrogen and oxygen atoms in total. The Labute approximate surface area is 194 Å². The molecule has 0 bridgehead atoms. The highest BCUT2D eigenvalue weighted by molar-refractivity contribution is 6.08. The van der Waals surface area contributed by atoms with Crippen molar-refractivity contribution in [1.29, 1.82) is 0 Å². The number of rotatable bonds is 6. The summed E-state index contributed by atoms with van der Waals surface area (Å²) in [4.78, 5) is 16.6. The smallest absolute Gasteiger partial charge is 0.274 e. The molecule has 33 heavy (non-hydrogen) atoms. The lowest BCUT2D eigenvalue weighted by atomic mass is 10.1. The molecule has 1 aromatic heterocycles. The maximum absolute atomic E-state index is 11.6. The van der Waals surface area contributed by atoms with Gasteiger partial charge in [-0.25, -0.2) is 5.48 Å². The van der Waals surface area contributed by atoms with Crippen LogP contribution in [0, 0.1) is 0 Å². The van der Waals surface area contributed by atoms with E-state index in [0.29, 0.717) is 12.1 Å². The summed E-state index contributed by atoms with van der Waals surface area (Å²) in [5.74, 6) is -0.498. The monoisotopic (exact) mass is 442 g/mol. The zero-order chi connectivity index (χ0) is 22.8. The quantitative estimate of drug-likeness (QED) is 0.353. The molecule has 1 aliphatic rings. The Morgan fingerprint density at radius 2 is 1.58 bits per heavy atom. The second kappa shape index (κ2) is 9.35. The minimum Gasteiger partial charge on any atom is -0.336 e. The lowest BCUT2D eigenvalue weighted by Crippen LogP contribution is -2.45. The first kappa shape index (κ1) is 21.6. The number of piperazine rings is 1. The third-order valence-electron chi connectivity index (χ3n) is 6.81. The molecule has 4 aromatic rings. The van der Waals surface area contributed by atoms with E-state index in [9.17, 15) is 4.79 Å². The average Bonchev–Trinajstić information content (AvgIpc) is 3.16. The van der Waals surface area contributed by atoms with Crippen molar-refractivity contribution in [2.75, 3.05) is 39.8 Å². The molecule has 0 radical (unpaired) electrons. The van der Waals surface area contributed by atoms with Gasteiger partial charge in [-0.3, -0.25) is 10.0 Å². The Bertz CT molecular complexity index is 1270. The van der Waals surface area contributed by atoms with Crippen molar-refractivity contribution < 1.29 is 10.0 Å². The number of hydroxylamine groups is 1. The van der Waals surface area contributed by atoms with Crippen LogP contribution in [0.25, 0.3) is 21.8 Å². The van der Waals surface area contributed by atoms with E-state index in [1.165, 1.54) is 27.4 Å². The topological polar surface area (TPSA) is 60.7 Å². The number of nitrogens with one attached hydrogen (secondary N) is 1. The van der Waals surface area contributed by atoms with Gasteiger partial charge in [0, 0.05) is 66.6 Å². The lowest BCUT2D eigenvalue weighted by Gasteiger charge is -2.32. The molecule has 0 aliphatic carbocycles. The fourth-order valence-corrected chi connectivity index (χ4v) is 4.79. The van der Waals surface area contributed by atoms with E-state index < -0.39 is 5.91 Å². The predicted octanol–water partition coefficient (Wildman–Crippen LogP) is 3.75. The Hall–Kier alpha value is -3.19. The molecule has 1 saturated heterocycles. The van der Waals surface area contributed by atoms with E-state index in [1.54, 1.807) is 17.6 Å². The summed E-state index contributed by atoms with van der Waals surface area (Å²) in [6.45, 7) is 6.42.